The molecular formula is C18H19N3O3. The molecule has 0 unspecified atom stereocenters. The molecule has 0 aliphatic rings. The molecule has 0 aliphatic carbocycles. The largest absolute Gasteiger partial charge is 0.459 e. The third kappa shape index (κ3) is 3.37. The summed E-state index contributed by atoms with van der Waals surface area (Å²) in [7, 11) is 0. The van der Waals surface area contributed by atoms with Gasteiger partial charge in [-0.05, 0) is 32.9 Å². The second kappa shape index (κ2) is 6.31. The molecule has 0 radical (unpaired) electrons. The molecule has 3 rings (SSSR count). The Kier molecular flexibility index (Phi) is 4.20. The van der Waals surface area contributed by atoms with Gasteiger partial charge in [-0.2, -0.15) is 4.98 Å². The molecule has 0 aliphatic heterocycles. The standard InChI is InChI=1S/C18H19N3O3/c1-18(2,3)21(17(22)14-10-7-11-23-14)12-15-19-16(20-24-15)13-8-5-4-6-9-13/h4-11H,12H2,1-3H3. The van der Waals surface area contributed by atoms with Crippen molar-refractivity contribution in [1.82, 2.24) is 15.0 Å². The molecule has 6 nitrogen and oxygen atoms in total. The lowest BCUT2D eigenvalue weighted by Gasteiger charge is -2.33. The van der Waals surface area contributed by atoms with Crippen molar-refractivity contribution in [2.24, 2.45) is 0 Å². The molecule has 124 valence electrons. The number of nitrogens with zero attached hydrogens (tertiary/aromatic N) is 3. The van der Waals surface area contributed by atoms with Crippen molar-refractivity contribution in [2.45, 2.75) is 32.9 Å². The summed E-state index contributed by atoms with van der Waals surface area (Å²) in [5.74, 6) is 0.952. The van der Waals surface area contributed by atoms with Crippen molar-refractivity contribution in [2.75, 3.05) is 0 Å². The van der Waals surface area contributed by atoms with Crippen LogP contribution in [0.15, 0.2) is 57.7 Å². The van der Waals surface area contributed by atoms with Gasteiger partial charge in [-0.25, -0.2) is 0 Å². The Morgan fingerprint density at radius 1 is 1.12 bits per heavy atom. The molecule has 24 heavy (non-hydrogen) atoms. The van der Waals surface area contributed by atoms with Crippen LogP contribution in [0.4, 0.5) is 0 Å². The molecular weight excluding hydrogens is 306 g/mol. The fourth-order valence-electron chi connectivity index (χ4n) is 2.31. The second-order valence-corrected chi connectivity index (χ2v) is 6.42. The summed E-state index contributed by atoms with van der Waals surface area (Å²) in [5, 5.41) is 4.00. The summed E-state index contributed by atoms with van der Waals surface area (Å²) in [6.07, 6.45) is 1.48. The summed E-state index contributed by atoms with van der Waals surface area (Å²) < 4.78 is 10.6. The van der Waals surface area contributed by atoms with Crippen molar-refractivity contribution in [1.29, 1.82) is 0 Å². The summed E-state index contributed by atoms with van der Waals surface area (Å²) in [6.45, 7) is 6.05. The number of hydrogen-bond acceptors (Lipinski definition) is 5. The van der Waals surface area contributed by atoms with Gasteiger partial charge < -0.3 is 13.8 Å². The Morgan fingerprint density at radius 2 is 1.88 bits per heavy atom. The highest BCUT2D eigenvalue weighted by Crippen LogP contribution is 2.22. The zero-order valence-corrected chi connectivity index (χ0v) is 13.9. The Bertz CT molecular complexity index is 802. The molecule has 0 fully saturated rings. The molecule has 3 aromatic rings. The number of hydrogen-bond donors (Lipinski definition) is 0. The van der Waals surface area contributed by atoms with Crippen LogP contribution in [-0.2, 0) is 6.54 Å². The normalized spacial score (nSPS) is 11.5. The summed E-state index contributed by atoms with van der Waals surface area (Å²) in [4.78, 5) is 18.7. The van der Waals surface area contributed by atoms with Crippen LogP contribution >= 0.6 is 0 Å². The molecule has 0 bridgehead atoms. The van der Waals surface area contributed by atoms with Gasteiger partial charge in [-0.15, -0.1) is 0 Å². The first-order valence-corrected chi connectivity index (χ1v) is 7.68. The summed E-state index contributed by atoms with van der Waals surface area (Å²) in [5.41, 5.74) is 0.442. The van der Waals surface area contributed by atoms with Crippen molar-refractivity contribution in [3.8, 4) is 11.4 Å². The maximum Gasteiger partial charge on any atom is 0.290 e. The van der Waals surface area contributed by atoms with Crippen LogP contribution in [0.1, 0.15) is 37.2 Å². The maximum absolute atomic E-state index is 12.7. The van der Waals surface area contributed by atoms with Crippen LogP contribution in [0.5, 0.6) is 0 Å². The fourth-order valence-corrected chi connectivity index (χ4v) is 2.31. The van der Waals surface area contributed by atoms with Gasteiger partial charge in [0.25, 0.3) is 5.91 Å². The minimum absolute atomic E-state index is 0.211. The first-order chi connectivity index (χ1) is 11.4. The van der Waals surface area contributed by atoms with Crippen molar-refractivity contribution < 1.29 is 13.7 Å². The number of carbonyl (C=O) groups excluding carboxylic acids is 1. The number of rotatable bonds is 4. The molecule has 0 atom stereocenters. The molecule has 6 heteroatoms. The predicted molar refractivity (Wildman–Crippen MR) is 88.1 cm³/mol. The van der Waals surface area contributed by atoms with E-state index in [-0.39, 0.29) is 18.2 Å². The average Bonchev–Trinajstić information content (AvgIpc) is 3.23. The van der Waals surface area contributed by atoms with Crippen LogP contribution in [-0.4, -0.2) is 26.5 Å². The Balaban J connectivity index is 1.84. The van der Waals surface area contributed by atoms with E-state index in [0.717, 1.165) is 5.56 Å². The third-order valence-corrected chi connectivity index (χ3v) is 3.58. The molecule has 0 N–H and O–H groups in total. The van der Waals surface area contributed by atoms with E-state index in [1.165, 1.54) is 6.26 Å². The predicted octanol–water partition coefficient (Wildman–Crippen LogP) is 3.77. The monoisotopic (exact) mass is 325 g/mol. The second-order valence-electron chi connectivity index (χ2n) is 6.42. The van der Waals surface area contributed by atoms with E-state index in [1.807, 2.05) is 51.1 Å². The van der Waals surface area contributed by atoms with Crippen molar-refractivity contribution in [3.63, 3.8) is 0 Å². The molecule has 2 heterocycles. The van der Waals surface area contributed by atoms with E-state index >= 15 is 0 Å². The van der Waals surface area contributed by atoms with Gasteiger partial charge in [-0.1, -0.05) is 35.5 Å². The summed E-state index contributed by atoms with van der Waals surface area (Å²) >= 11 is 0. The number of aromatic nitrogens is 2. The molecule has 2 aromatic heterocycles. The van der Waals surface area contributed by atoms with Crippen LogP contribution in [0.25, 0.3) is 11.4 Å². The van der Waals surface area contributed by atoms with E-state index in [1.54, 1.807) is 17.0 Å². The Morgan fingerprint density at radius 3 is 2.50 bits per heavy atom. The van der Waals surface area contributed by atoms with Crippen LogP contribution in [0, 0.1) is 0 Å². The molecule has 1 aromatic carbocycles. The summed E-state index contributed by atoms with van der Waals surface area (Å²) in [6, 6.07) is 12.9. The molecule has 0 saturated carbocycles. The Hall–Kier alpha value is -2.89. The zero-order chi connectivity index (χ0) is 17.2. The van der Waals surface area contributed by atoms with Gasteiger partial charge >= 0.3 is 0 Å². The Labute approximate surface area is 140 Å². The maximum atomic E-state index is 12.7. The highest BCUT2D eigenvalue weighted by Gasteiger charge is 2.30. The highest BCUT2D eigenvalue weighted by molar-refractivity contribution is 5.91. The zero-order valence-electron chi connectivity index (χ0n) is 13.9. The minimum atomic E-state index is -0.425. The van der Waals surface area contributed by atoms with Gasteiger partial charge in [0.1, 0.15) is 6.54 Å². The van der Waals surface area contributed by atoms with Crippen molar-refractivity contribution in [3.05, 3.63) is 60.4 Å². The quantitative estimate of drug-likeness (QED) is 0.730. The molecule has 0 saturated heterocycles. The number of benzene rings is 1. The highest BCUT2D eigenvalue weighted by atomic mass is 16.5. The SMILES string of the molecule is CC(C)(C)N(Cc1nc(-c2ccccc2)no1)C(=O)c1ccco1. The van der Waals surface area contributed by atoms with Crippen LogP contribution in [0.3, 0.4) is 0 Å². The van der Waals surface area contributed by atoms with Gasteiger partial charge in [0.2, 0.25) is 11.7 Å². The lowest BCUT2D eigenvalue weighted by Crippen LogP contribution is -2.45. The minimum Gasteiger partial charge on any atom is -0.459 e. The van der Waals surface area contributed by atoms with Crippen LogP contribution in [0.2, 0.25) is 0 Å². The fraction of sp³-hybridized carbons (Fsp3) is 0.278. The van der Waals surface area contributed by atoms with Gasteiger partial charge in [0.05, 0.1) is 6.26 Å². The van der Waals surface area contributed by atoms with Gasteiger partial charge in [-0.3, -0.25) is 4.79 Å². The first kappa shape index (κ1) is 16.0. The number of furan rings is 1. The van der Waals surface area contributed by atoms with Gasteiger partial charge in [0, 0.05) is 11.1 Å². The number of carbonyl (C=O) groups is 1. The molecule has 1 amide bonds. The van der Waals surface area contributed by atoms with E-state index in [0.29, 0.717) is 11.7 Å². The van der Waals surface area contributed by atoms with Crippen LogP contribution < -0.4 is 0 Å². The van der Waals surface area contributed by atoms with Gasteiger partial charge in [0.15, 0.2) is 5.76 Å². The molecule has 0 spiro atoms. The van der Waals surface area contributed by atoms with E-state index in [9.17, 15) is 4.79 Å². The first-order valence-electron chi connectivity index (χ1n) is 7.68. The average molecular weight is 325 g/mol. The smallest absolute Gasteiger partial charge is 0.290 e. The lowest BCUT2D eigenvalue weighted by atomic mass is 10.1. The topological polar surface area (TPSA) is 72.4 Å². The van der Waals surface area contributed by atoms with Crippen molar-refractivity contribution >= 4 is 5.91 Å². The van der Waals surface area contributed by atoms with E-state index in [4.69, 9.17) is 8.94 Å². The van der Waals surface area contributed by atoms with E-state index < -0.39 is 5.54 Å². The number of amides is 1. The lowest BCUT2D eigenvalue weighted by molar-refractivity contribution is 0.0493. The van der Waals surface area contributed by atoms with E-state index in [2.05, 4.69) is 10.1 Å². The third-order valence-electron chi connectivity index (χ3n) is 3.58.